The summed E-state index contributed by atoms with van der Waals surface area (Å²) >= 11 is 0. The molecule has 0 radical (unpaired) electrons. The molecule has 6 N–H and O–H groups in total. The van der Waals surface area contributed by atoms with Crippen LogP contribution in [-0.2, 0) is 32.3 Å². The van der Waals surface area contributed by atoms with Gasteiger partial charge in [0.05, 0.1) is 49.9 Å². The maximum absolute atomic E-state index is 11.3. The standard InChI is InChI=1S/C30H39N5O9/c1-3-35(4-2)25-14-21(8-9-26(25)44-11-5-10-31)6-7-22-12-23(15-33(17-27(36)37)18-28(38)39)32-24(13-22)16-34(19-29(40)41)20-30(42)43/h8-9,12-14H,3-5,10-11,15-20,31H2,1-2H3,(H,36,37)(H,38,39)(H,40,41)(H,42,43). The Morgan fingerprint density at radius 2 is 1.25 bits per heavy atom. The molecule has 2 rings (SSSR count). The van der Waals surface area contributed by atoms with Gasteiger partial charge in [-0.05, 0) is 57.1 Å². The molecule has 14 nitrogen and oxygen atoms in total. The second kappa shape index (κ2) is 18.1. The lowest BCUT2D eigenvalue weighted by Gasteiger charge is -2.24. The molecule has 238 valence electrons. The Labute approximate surface area is 255 Å². The number of rotatable bonds is 19. The van der Waals surface area contributed by atoms with Crippen molar-refractivity contribution in [2.45, 2.75) is 33.4 Å². The van der Waals surface area contributed by atoms with Crippen LogP contribution in [0.2, 0.25) is 0 Å². The van der Waals surface area contributed by atoms with E-state index in [9.17, 15) is 39.6 Å². The predicted molar refractivity (Wildman–Crippen MR) is 160 cm³/mol. The van der Waals surface area contributed by atoms with E-state index in [0.29, 0.717) is 36.4 Å². The molecule has 0 aliphatic carbocycles. The molecule has 0 aliphatic rings. The number of hydrogen-bond donors (Lipinski definition) is 5. The zero-order chi connectivity index (χ0) is 32.6. The van der Waals surface area contributed by atoms with E-state index in [1.54, 1.807) is 12.1 Å². The van der Waals surface area contributed by atoms with Crippen molar-refractivity contribution in [3.8, 4) is 17.6 Å². The van der Waals surface area contributed by atoms with Crippen molar-refractivity contribution in [3.63, 3.8) is 0 Å². The molecule has 0 saturated carbocycles. The summed E-state index contributed by atoms with van der Waals surface area (Å²) in [6.45, 7) is 3.98. The first-order valence-electron chi connectivity index (χ1n) is 14.0. The second-order valence-corrected chi connectivity index (χ2v) is 9.80. The van der Waals surface area contributed by atoms with Gasteiger partial charge >= 0.3 is 23.9 Å². The average Bonchev–Trinajstić information content (AvgIpc) is 2.92. The summed E-state index contributed by atoms with van der Waals surface area (Å²) in [5.41, 5.74) is 8.15. The zero-order valence-electron chi connectivity index (χ0n) is 24.9. The number of nitrogens with two attached hydrogens (primary N) is 1. The number of benzene rings is 1. The summed E-state index contributed by atoms with van der Waals surface area (Å²) in [6.07, 6.45) is 0.707. The summed E-state index contributed by atoms with van der Waals surface area (Å²) in [5.74, 6) is 1.96. The Morgan fingerprint density at radius 1 is 0.773 bits per heavy atom. The molecule has 2 aromatic rings. The molecule has 0 atom stereocenters. The quantitative estimate of drug-likeness (QED) is 0.111. The molecule has 0 saturated heterocycles. The smallest absolute Gasteiger partial charge is 0.317 e. The first-order valence-corrected chi connectivity index (χ1v) is 14.0. The molecular formula is C30H39N5O9. The molecule has 1 aromatic carbocycles. The van der Waals surface area contributed by atoms with Gasteiger partial charge in [-0.2, -0.15) is 0 Å². The average molecular weight is 614 g/mol. The number of carbonyl (C=O) groups is 4. The number of carboxylic acids is 4. The third-order valence-corrected chi connectivity index (χ3v) is 6.16. The molecule has 0 fully saturated rings. The van der Waals surface area contributed by atoms with Gasteiger partial charge in [0.15, 0.2) is 0 Å². The van der Waals surface area contributed by atoms with Crippen molar-refractivity contribution in [1.82, 2.24) is 14.8 Å². The summed E-state index contributed by atoms with van der Waals surface area (Å²) in [4.78, 5) is 54.2. The Bertz CT molecular complexity index is 1280. The van der Waals surface area contributed by atoms with Gasteiger partial charge < -0.3 is 35.8 Å². The summed E-state index contributed by atoms with van der Waals surface area (Å²) < 4.78 is 5.94. The normalized spacial score (nSPS) is 10.8. The van der Waals surface area contributed by atoms with Crippen molar-refractivity contribution < 1.29 is 44.3 Å². The van der Waals surface area contributed by atoms with Gasteiger partial charge in [0, 0.05) is 37.3 Å². The van der Waals surface area contributed by atoms with Crippen LogP contribution in [0.25, 0.3) is 0 Å². The van der Waals surface area contributed by atoms with Crippen molar-refractivity contribution in [2.24, 2.45) is 5.73 Å². The fraction of sp³-hybridized carbons (Fsp3) is 0.433. The van der Waals surface area contributed by atoms with Gasteiger partial charge in [0.25, 0.3) is 0 Å². The molecule has 0 unspecified atom stereocenters. The first-order chi connectivity index (χ1) is 20.9. The van der Waals surface area contributed by atoms with E-state index in [4.69, 9.17) is 10.5 Å². The highest BCUT2D eigenvalue weighted by Crippen LogP contribution is 2.29. The molecule has 44 heavy (non-hydrogen) atoms. The number of aromatic nitrogens is 1. The number of hydrogen-bond acceptors (Lipinski definition) is 10. The van der Waals surface area contributed by atoms with E-state index in [2.05, 4.69) is 21.7 Å². The maximum Gasteiger partial charge on any atom is 0.317 e. The molecular weight excluding hydrogens is 574 g/mol. The van der Waals surface area contributed by atoms with Crippen LogP contribution in [0.3, 0.4) is 0 Å². The number of carboxylic acid groups (broad SMARTS) is 4. The second-order valence-electron chi connectivity index (χ2n) is 9.80. The van der Waals surface area contributed by atoms with Crippen LogP contribution < -0.4 is 15.4 Å². The minimum Gasteiger partial charge on any atom is -0.491 e. The van der Waals surface area contributed by atoms with E-state index in [-0.39, 0.29) is 24.5 Å². The molecule has 0 spiro atoms. The molecule has 1 heterocycles. The van der Waals surface area contributed by atoms with Gasteiger partial charge in [0.2, 0.25) is 0 Å². The van der Waals surface area contributed by atoms with Crippen LogP contribution in [0.15, 0.2) is 30.3 Å². The van der Waals surface area contributed by atoms with E-state index >= 15 is 0 Å². The van der Waals surface area contributed by atoms with E-state index in [1.165, 1.54) is 9.80 Å². The predicted octanol–water partition coefficient (Wildman–Crippen LogP) is 0.998. The summed E-state index contributed by atoms with van der Waals surface area (Å²) in [7, 11) is 0. The minimum absolute atomic E-state index is 0.153. The Hall–Kier alpha value is -4.71. The fourth-order valence-electron chi connectivity index (χ4n) is 4.38. The highest BCUT2D eigenvalue weighted by Gasteiger charge is 2.18. The Balaban J connectivity index is 2.54. The monoisotopic (exact) mass is 613 g/mol. The van der Waals surface area contributed by atoms with E-state index in [0.717, 1.165) is 18.8 Å². The summed E-state index contributed by atoms with van der Waals surface area (Å²) in [5, 5.41) is 37.0. The lowest BCUT2D eigenvalue weighted by Crippen LogP contribution is -2.35. The van der Waals surface area contributed by atoms with Gasteiger partial charge in [0.1, 0.15) is 5.75 Å². The molecule has 1 aromatic heterocycles. The van der Waals surface area contributed by atoms with Gasteiger partial charge in [-0.1, -0.05) is 11.8 Å². The van der Waals surface area contributed by atoms with Crippen molar-refractivity contribution in [1.29, 1.82) is 0 Å². The fourth-order valence-corrected chi connectivity index (χ4v) is 4.38. The topological polar surface area (TPSA) is 207 Å². The molecule has 0 amide bonds. The van der Waals surface area contributed by atoms with E-state index in [1.807, 2.05) is 32.0 Å². The third-order valence-electron chi connectivity index (χ3n) is 6.16. The van der Waals surface area contributed by atoms with Gasteiger partial charge in [-0.25, -0.2) is 0 Å². The zero-order valence-corrected chi connectivity index (χ0v) is 24.9. The van der Waals surface area contributed by atoms with Crippen LogP contribution in [0.5, 0.6) is 5.75 Å². The number of anilines is 1. The number of nitrogens with zero attached hydrogens (tertiary/aromatic N) is 4. The Morgan fingerprint density at radius 3 is 1.68 bits per heavy atom. The van der Waals surface area contributed by atoms with Crippen LogP contribution in [0, 0.1) is 11.8 Å². The number of ether oxygens (including phenoxy) is 1. The van der Waals surface area contributed by atoms with E-state index < -0.39 is 50.1 Å². The largest absolute Gasteiger partial charge is 0.491 e. The third kappa shape index (κ3) is 12.7. The Kier molecular flexibility index (Phi) is 14.6. The highest BCUT2D eigenvalue weighted by atomic mass is 16.5. The minimum atomic E-state index is -1.23. The van der Waals surface area contributed by atoms with Gasteiger partial charge in [-0.3, -0.25) is 34.0 Å². The number of pyridine rings is 1. The van der Waals surface area contributed by atoms with Crippen LogP contribution in [0.4, 0.5) is 5.69 Å². The lowest BCUT2D eigenvalue weighted by molar-refractivity contribution is -0.144. The van der Waals surface area contributed by atoms with Crippen LogP contribution in [0.1, 0.15) is 42.8 Å². The number of aliphatic carboxylic acids is 4. The molecule has 0 bridgehead atoms. The molecule has 0 aliphatic heterocycles. The van der Waals surface area contributed by atoms with Crippen LogP contribution >= 0.6 is 0 Å². The maximum atomic E-state index is 11.3. The lowest BCUT2D eigenvalue weighted by atomic mass is 10.1. The highest BCUT2D eigenvalue weighted by molar-refractivity contribution is 5.73. The van der Waals surface area contributed by atoms with Crippen molar-refractivity contribution in [2.75, 3.05) is 57.3 Å². The van der Waals surface area contributed by atoms with Gasteiger partial charge in [-0.15, -0.1) is 0 Å². The van der Waals surface area contributed by atoms with Crippen molar-refractivity contribution >= 4 is 29.6 Å². The molecule has 14 heteroatoms. The first kappa shape index (κ1) is 35.5. The van der Waals surface area contributed by atoms with Crippen molar-refractivity contribution in [3.05, 3.63) is 52.8 Å². The summed E-state index contributed by atoms with van der Waals surface area (Å²) in [6, 6.07) is 8.72. The SMILES string of the molecule is CCN(CC)c1cc(C#Cc2cc(CN(CC(=O)O)CC(=O)O)nc(CN(CC(=O)O)CC(=O)O)c2)ccc1OCCCN. The van der Waals surface area contributed by atoms with Crippen LogP contribution in [-0.4, -0.2) is 112 Å².